The second-order valence-corrected chi connectivity index (χ2v) is 8.42. The Bertz CT molecular complexity index is 1310. The summed E-state index contributed by atoms with van der Waals surface area (Å²) in [5.41, 5.74) is 2.42. The SMILES string of the molecule is CCn1c(SCC(=O)Nc2ccccc2C(=O)Nc2ccccc2)nnc1-c1ccc(OC)cc1. The largest absolute Gasteiger partial charge is 0.497 e. The van der Waals surface area contributed by atoms with E-state index in [2.05, 4.69) is 20.8 Å². The predicted octanol–water partition coefficient (Wildman–Crippen LogP) is 4.96. The van der Waals surface area contributed by atoms with Gasteiger partial charge in [0.1, 0.15) is 5.75 Å². The zero-order valence-corrected chi connectivity index (χ0v) is 20.2. The average molecular weight is 488 g/mol. The molecule has 0 bridgehead atoms. The molecular weight excluding hydrogens is 462 g/mol. The van der Waals surface area contributed by atoms with Gasteiger partial charge in [-0.1, -0.05) is 42.1 Å². The maximum absolute atomic E-state index is 12.8. The first-order valence-electron chi connectivity index (χ1n) is 11.0. The quantitative estimate of drug-likeness (QED) is 0.324. The summed E-state index contributed by atoms with van der Waals surface area (Å²) in [6, 6.07) is 23.7. The highest BCUT2D eigenvalue weighted by Crippen LogP contribution is 2.26. The number of amides is 2. The lowest BCUT2D eigenvalue weighted by Crippen LogP contribution is -2.19. The van der Waals surface area contributed by atoms with Crippen molar-refractivity contribution in [1.29, 1.82) is 0 Å². The van der Waals surface area contributed by atoms with E-state index < -0.39 is 0 Å². The van der Waals surface area contributed by atoms with Gasteiger partial charge in [0.2, 0.25) is 5.91 Å². The molecule has 0 fully saturated rings. The molecule has 9 heteroatoms. The summed E-state index contributed by atoms with van der Waals surface area (Å²) in [4.78, 5) is 25.5. The van der Waals surface area contributed by atoms with Gasteiger partial charge < -0.3 is 19.9 Å². The lowest BCUT2D eigenvalue weighted by atomic mass is 10.1. The fraction of sp³-hybridized carbons (Fsp3) is 0.154. The number of anilines is 2. The number of para-hydroxylation sites is 2. The molecule has 35 heavy (non-hydrogen) atoms. The van der Waals surface area contributed by atoms with E-state index in [0.717, 1.165) is 17.1 Å². The number of nitrogens with zero attached hydrogens (tertiary/aromatic N) is 3. The summed E-state index contributed by atoms with van der Waals surface area (Å²) in [5, 5.41) is 14.9. The number of aromatic nitrogens is 3. The number of benzene rings is 3. The number of hydrogen-bond donors (Lipinski definition) is 2. The van der Waals surface area contributed by atoms with Crippen molar-refractivity contribution in [3.05, 3.63) is 84.4 Å². The molecular formula is C26H25N5O3S. The van der Waals surface area contributed by atoms with Crippen LogP contribution in [0, 0.1) is 0 Å². The molecule has 1 heterocycles. The molecule has 178 valence electrons. The van der Waals surface area contributed by atoms with Gasteiger partial charge >= 0.3 is 0 Å². The van der Waals surface area contributed by atoms with Gasteiger partial charge in [-0.3, -0.25) is 9.59 Å². The van der Waals surface area contributed by atoms with Crippen LogP contribution in [0.2, 0.25) is 0 Å². The van der Waals surface area contributed by atoms with Crippen LogP contribution in [-0.4, -0.2) is 39.4 Å². The molecule has 4 rings (SSSR count). The number of thioether (sulfide) groups is 1. The Morgan fingerprint density at radius 1 is 0.914 bits per heavy atom. The maximum Gasteiger partial charge on any atom is 0.257 e. The Labute approximate surface area is 207 Å². The van der Waals surface area contributed by atoms with E-state index in [1.165, 1.54) is 11.8 Å². The number of methoxy groups -OCH3 is 1. The van der Waals surface area contributed by atoms with Crippen molar-refractivity contribution in [2.24, 2.45) is 0 Å². The highest BCUT2D eigenvalue weighted by Gasteiger charge is 2.17. The van der Waals surface area contributed by atoms with Gasteiger partial charge in [0.25, 0.3) is 5.91 Å². The molecule has 0 unspecified atom stereocenters. The predicted molar refractivity (Wildman–Crippen MR) is 138 cm³/mol. The van der Waals surface area contributed by atoms with E-state index in [9.17, 15) is 9.59 Å². The first-order chi connectivity index (χ1) is 17.1. The zero-order chi connectivity index (χ0) is 24.6. The molecule has 0 aliphatic rings. The van der Waals surface area contributed by atoms with E-state index in [1.54, 1.807) is 43.5 Å². The van der Waals surface area contributed by atoms with E-state index in [1.807, 2.05) is 54.0 Å². The molecule has 0 spiro atoms. The molecule has 2 N–H and O–H groups in total. The number of carbonyl (C=O) groups is 2. The van der Waals surface area contributed by atoms with Crippen molar-refractivity contribution >= 4 is 35.0 Å². The number of nitrogens with one attached hydrogen (secondary N) is 2. The molecule has 0 saturated carbocycles. The lowest BCUT2D eigenvalue weighted by Gasteiger charge is -2.12. The zero-order valence-electron chi connectivity index (χ0n) is 19.4. The second-order valence-electron chi connectivity index (χ2n) is 7.48. The van der Waals surface area contributed by atoms with Gasteiger partial charge in [0.05, 0.1) is 24.1 Å². The number of hydrogen-bond acceptors (Lipinski definition) is 6. The van der Waals surface area contributed by atoms with Gasteiger partial charge in [-0.15, -0.1) is 10.2 Å². The number of rotatable bonds is 9. The van der Waals surface area contributed by atoms with Gasteiger partial charge in [0.15, 0.2) is 11.0 Å². The molecule has 4 aromatic rings. The maximum atomic E-state index is 12.8. The lowest BCUT2D eigenvalue weighted by molar-refractivity contribution is -0.113. The van der Waals surface area contributed by atoms with Gasteiger partial charge in [-0.05, 0) is 55.5 Å². The van der Waals surface area contributed by atoms with Gasteiger partial charge in [-0.25, -0.2) is 0 Å². The summed E-state index contributed by atoms with van der Waals surface area (Å²) in [6.07, 6.45) is 0. The second kappa shape index (κ2) is 11.3. The molecule has 0 atom stereocenters. The van der Waals surface area contributed by atoms with E-state index >= 15 is 0 Å². The van der Waals surface area contributed by atoms with Crippen molar-refractivity contribution in [1.82, 2.24) is 14.8 Å². The van der Waals surface area contributed by atoms with Gasteiger partial charge in [-0.2, -0.15) is 0 Å². The Morgan fingerprint density at radius 2 is 1.63 bits per heavy atom. The normalized spacial score (nSPS) is 10.6. The number of carbonyl (C=O) groups excluding carboxylic acids is 2. The van der Waals surface area contributed by atoms with Crippen LogP contribution in [-0.2, 0) is 11.3 Å². The molecule has 0 radical (unpaired) electrons. The molecule has 8 nitrogen and oxygen atoms in total. The first-order valence-corrected chi connectivity index (χ1v) is 12.0. The summed E-state index contributed by atoms with van der Waals surface area (Å²) in [5.74, 6) is 1.07. The molecule has 1 aromatic heterocycles. The smallest absolute Gasteiger partial charge is 0.257 e. The molecule has 0 aliphatic heterocycles. The molecule has 0 saturated heterocycles. The minimum absolute atomic E-state index is 0.120. The van der Waals surface area contributed by atoms with Crippen LogP contribution in [0.1, 0.15) is 17.3 Å². The summed E-state index contributed by atoms with van der Waals surface area (Å²) in [6.45, 7) is 2.66. The van der Waals surface area contributed by atoms with Crippen LogP contribution in [0.4, 0.5) is 11.4 Å². The van der Waals surface area contributed by atoms with E-state index in [-0.39, 0.29) is 17.6 Å². The highest BCUT2D eigenvalue weighted by atomic mass is 32.2. The highest BCUT2D eigenvalue weighted by molar-refractivity contribution is 7.99. The Hall–Kier alpha value is -4.11. The number of ether oxygens (including phenoxy) is 1. The third-order valence-electron chi connectivity index (χ3n) is 5.19. The standard InChI is InChI=1S/C26H25N5O3S/c1-3-31-24(18-13-15-20(34-2)16-14-18)29-30-26(31)35-17-23(32)28-22-12-8-7-11-21(22)25(33)27-19-9-5-4-6-10-19/h4-16H,3,17H2,1-2H3,(H,27,33)(H,28,32). The minimum atomic E-state index is -0.297. The Kier molecular flexibility index (Phi) is 7.79. The fourth-order valence-electron chi connectivity index (χ4n) is 3.46. The third-order valence-corrected chi connectivity index (χ3v) is 6.16. The Balaban J connectivity index is 1.42. The summed E-state index contributed by atoms with van der Waals surface area (Å²) in [7, 11) is 1.62. The Morgan fingerprint density at radius 3 is 2.34 bits per heavy atom. The first kappa shape index (κ1) is 24.0. The third kappa shape index (κ3) is 5.88. The van der Waals surface area contributed by atoms with Crippen LogP contribution < -0.4 is 15.4 Å². The van der Waals surface area contributed by atoms with Crippen molar-refractivity contribution in [2.45, 2.75) is 18.6 Å². The van der Waals surface area contributed by atoms with Crippen molar-refractivity contribution in [3.63, 3.8) is 0 Å². The van der Waals surface area contributed by atoms with Crippen LogP contribution in [0.25, 0.3) is 11.4 Å². The van der Waals surface area contributed by atoms with Crippen molar-refractivity contribution in [2.75, 3.05) is 23.5 Å². The monoisotopic (exact) mass is 487 g/mol. The summed E-state index contributed by atoms with van der Waals surface area (Å²) >= 11 is 1.29. The van der Waals surface area contributed by atoms with Crippen LogP contribution >= 0.6 is 11.8 Å². The minimum Gasteiger partial charge on any atom is -0.497 e. The van der Waals surface area contributed by atoms with E-state index in [0.29, 0.717) is 28.6 Å². The average Bonchev–Trinajstić information content (AvgIpc) is 3.31. The van der Waals surface area contributed by atoms with Crippen molar-refractivity contribution < 1.29 is 14.3 Å². The molecule has 0 aliphatic carbocycles. The van der Waals surface area contributed by atoms with Crippen LogP contribution in [0.3, 0.4) is 0 Å². The van der Waals surface area contributed by atoms with Crippen molar-refractivity contribution in [3.8, 4) is 17.1 Å². The van der Waals surface area contributed by atoms with E-state index in [4.69, 9.17) is 4.74 Å². The topological polar surface area (TPSA) is 98.1 Å². The summed E-state index contributed by atoms with van der Waals surface area (Å²) < 4.78 is 7.18. The van der Waals surface area contributed by atoms with Gasteiger partial charge in [0, 0.05) is 17.8 Å². The molecule has 2 amide bonds. The van der Waals surface area contributed by atoms with Crippen LogP contribution in [0.15, 0.2) is 84.0 Å². The fourth-order valence-corrected chi connectivity index (χ4v) is 4.26. The molecule has 3 aromatic carbocycles. The van der Waals surface area contributed by atoms with Crippen LogP contribution in [0.5, 0.6) is 5.75 Å².